The predicted octanol–water partition coefficient (Wildman–Crippen LogP) is 2.60. The Morgan fingerprint density at radius 1 is 0.963 bits per heavy atom. The van der Waals surface area contributed by atoms with Gasteiger partial charge in [-0.05, 0) is 36.6 Å². The molecule has 1 aliphatic rings. The Hall–Kier alpha value is -2.67. The van der Waals surface area contributed by atoms with Gasteiger partial charge in [-0.15, -0.1) is 0 Å². The summed E-state index contributed by atoms with van der Waals surface area (Å²) in [5, 5.41) is 9.09. The number of piperidine rings is 1. The van der Waals surface area contributed by atoms with Gasteiger partial charge in [0, 0.05) is 18.7 Å². The summed E-state index contributed by atoms with van der Waals surface area (Å²) >= 11 is 0. The van der Waals surface area contributed by atoms with Gasteiger partial charge < -0.3 is 10.0 Å². The highest BCUT2D eigenvalue weighted by atomic mass is 32.2. The number of carbonyl (C=O) groups is 2. The highest BCUT2D eigenvalue weighted by Crippen LogP contribution is 2.23. The summed E-state index contributed by atoms with van der Waals surface area (Å²) in [6.07, 6.45) is 0.817. The van der Waals surface area contributed by atoms with Crippen molar-refractivity contribution in [1.82, 2.24) is 4.90 Å². The topological polar surface area (TPSA) is 91.8 Å². The number of nitrogens with zero attached hydrogens (tertiary/aromatic N) is 1. The van der Waals surface area contributed by atoms with Crippen molar-refractivity contribution >= 4 is 21.7 Å². The average Bonchev–Trinajstić information content (AvgIpc) is 2.68. The number of aliphatic carboxylic acids is 1. The first-order valence-corrected chi connectivity index (χ1v) is 10.4. The first-order valence-electron chi connectivity index (χ1n) is 8.76. The average molecular weight is 387 g/mol. The number of likely N-dealkylation sites (tertiary alicyclic amines) is 1. The quantitative estimate of drug-likeness (QED) is 0.851. The van der Waals surface area contributed by atoms with Gasteiger partial charge in [0.05, 0.1) is 16.6 Å². The number of hydrogen-bond donors (Lipinski definition) is 1. The molecule has 3 rings (SSSR count). The summed E-state index contributed by atoms with van der Waals surface area (Å²) in [5.74, 6) is -1.78. The lowest BCUT2D eigenvalue weighted by Crippen LogP contribution is -2.40. The fraction of sp³-hybridized carbons (Fsp3) is 0.300. The maximum absolute atomic E-state index is 12.9. The smallest absolute Gasteiger partial charge is 0.306 e. The Morgan fingerprint density at radius 3 is 2.19 bits per heavy atom. The van der Waals surface area contributed by atoms with Crippen LogP contribution < -0.4 is 0 Å². The second kappa shape index (κ2) is 7.92. The Morgan fingerprint density at radius 2 is 1.56 bits per heavy atom. The summed E-state index contributed by atoms with van der Waals surface area (Å²) < 4.78 is 25.4. The van der Waals surface area contributed by atoms with Crippen LogP contribution in [0.5, 0.6) is 0 Å². The van der Waals surface area contributed by atoms with Crippen molar-refractivity contribution in [3.05, 3.63) is 65.7 Å². The molecular weight excluding hydrogens is 366 g/mol. The normalized spacial score (nSPS) is 15.5. The lowest BCUT2D eigenvalue weighted by molar-refractivity contribution is -0.143. The first kappa shape index (κ1) is 19.1. The number of benzene rings is 2. The third-order valence-corrected chi connectivity index (χ3v) is 6.51. The molecule has 2 aromatic carbocycles. The maximum Gasteiger partial charge on any atom is 0.306 e. The molecule has 0 unspecified atom stereocenters. The molecule has 0 aliphatic carbocycles. The van der Waals surface area contributed by atoms with Crippen molar-refractivity contribution in [2.45, 2.75) is 23.5 Å². The van der Waals surface area contributed by atoms with Gasteiger partial charge in [-0.1, -0.05) is 36.4 Å². The summed E-state index contributed by atoms with van der Waals surface area (Å²) in [4.78, 5) is 25.8. The predicted molar refractivity (Wildman–Crippen MR) is 100 cm³/mol. The van der Waals surface area contributed by atoms with E-state index in [1.807, 2.05) is 0 Å². The molecule has 7 heteroatoms. The number of sulfone groups is 1. The van der Waals surface area contributed by atoms with Gasteiger partial charge in [-0.25, -0.2) is 8.42 Å². The van der Waals surface area contributed by atoms with E-state index in [2.05, 4.69) is 0 Å². The summed E-state index contributed by atoms with van der Waals surface area (Å²) in [7, 11) is -3.57. The lowest BCUT2D eigenvalue weighted by Gasteiger charge is -2.30. The Balaban J connectivity index is 1.80. The Kier molecular flexibility index (Phi) is 5.60. The number of rotatable bonds is 5. The number of carboxylic acids is 1. The zero-order valence-electron chi connectivity index (χ0n) is 14.7. The van der Waals surface area contributed by atoms with Gasteiger partial charge in [0.1, 0.15) is 0 Å². The molecule has 1 saturated heterocycles. The minimum atomic E-state index is -3.57. The summed E-state index contributed by atoms with van der Waals surface area (Å²) in [6, 6.07) is 14.8. The first-order chi connectivity index (χ1) is 12.9. The molecule has 0 atom stereocenters. The van der Waals surface area contributed by atoms with E-state index < -0.39 is 21.7 Å². The van der Waals surface area contributed by atoms with Crippen molar-refractivity contribution in [1.29, 1.82) is 0 Å². The van der Waals surface area contributed by atoms with Crippen LogP contribution in [0, 0.1) is 5.92 Å². The molecule has 1 amide bonds. The van der Waals surface area contributed by atoms with Crippen LogP contribution in [0.4, 0.5) is 0 Å². The second-order valence-corrected chi connectivity index (χ2v) is 8.62. The highest BCUT2D eigenvalue weighted by molar-refractivity contribution is 7.90. The van der Waals surface area contributed by atoms with Crippen LogP contribution in [0.1, 0.15) is 28.8 Å². The third kappa shape index (κ3) is 4.36. The SMILES string of the molecule is O=C(O)C1CCN(C(=O)c2ccccc2CS(=O)(=O)c2ccccc2)CC1. The highest BCUT2D eigenvalue weighted by Gasteiger charge is 2.29. The molecule has 1 N–H and O–H groups in total. The Bertz CT molecular complexity index is 932. The fourth-order valence-electron chi connectivity index (χ4n) is 3.27. The van der Waals surface area contributed by atoms with Gasteiger partial charge >= 0.3 is 5.97 Å². The van der Waals surface area contributed by atoms with Crippen LogP contribution in [0.2, 0.25) is 0 Å². The van der Waals surface area contributed by atoms with E-state index in [1.54, 1.807) is 47.4 Å². The van der Waals surface area contributed by atoms with Crippen LogP contribution in [-0.2, 0) is 20.4 Å². The van der Waals surface area contributed by atoms with Crippen molar-refractivity contribution < 1.29 is 23.1 Å². The third-order valence-electron chi connectivity index (χ3n) is 4.83. The number of carbonyl (C=O) groups excluding carboxylic acids is 1. The number of carboxylic acid groups (broad SMARTS) is 1. The second-order valence-electron chi connectivity index (χ2n) is 6.63. The van der Waals surface area contributed by atoms with Crippen LogP contribution >= 0.6 is 0 Å². The minimum absolute atomic E-state index is 0.217. The Labute approximate surface area is 158 Å². The largest absolute Gasteiger partial charge is 0.481 e. The van der Waals surface area contributed by atoms with Gasteiger partial charge in [0.15, 0.2) is 9.84 Å². The van der Waals surface area contributed by atoms with E-state index in [0.717, 1.165) is 0 Å². The lowest BCUT2D eigenvalue weighted by atomic mass is 9.96. The number of hydrogen-bond acceptors (Lipinski definition) is 4. The van der Waals surface area contributed by atoms with Crippen molar-refractivity contribution in [3.8, 4) is 0 Å². The van der Waals surface area contributed by atoms with Crippen molar-refractivity contribution in [2.24, 2.45) is 5.92 Å². The molecule has 1 heterocycles. The van der Waals surface area contributed by atoms with Gasteiger partial charge in [-0.2, -0.15) is 0 Å². The van der Waals surface area contributed by atoms with Gasteiger partial charge in [0.2, 0.25) is 0 Å². The van der Waals surface area contributed by atoms with Gasteiger partial charge in [0.25, 0.3) is 5.91 Å². The van der Waals surface area contributed by atoms with Crippen LogP contribution in [-0.4, -0.2) is 43.4 Å². The maximum atomic E-state index is 12.9. The molecule has 1 aliphatic heterocycles. The molecule has 142 valence electrons. The molecule has 0 radical (unpaired) electrons. The number of amides is 1. The van der Waals surface area contributed by atoms with E-state index in [0.29, 0.717) is 37.1 Å². The molecule has 2 aromatic rings. The molecular formula is C20H21NO5S. The molecule has 1 fully saturated rings. The standard InChI is InChI=1S/C20H21NO5S/c22-19(21-12-10-15(11-13-21)20(23)24)18-9-5-4-6-16(18)14-27(25,26)17-7-2-1-3-8-17/h1-9,15H,10-14H2,(H,23,24). The van der Waals surface area contributed by atoms with E-state index in [1.165, 1.54) is 12.1 Å². The zero-order valence-corrected chi connectivity index (χ0v) is 15.6. The summed E-state index contributed by atoms with van der Waals surface area (Å²) in [5.41, 5.74) is 0.803. The zero-order chi connectivity index (χ0) is 19.4. The monoisotopic (exact) mass is 387 g/mol. The van der Waals surface area contributed by atoms with Crippen molar-refractivity contribution in [3.63, 3.8) is 0 Å². The summed E-state index contributed by atoms with van der Waals surface area (Å²) in [6.45, 7) is 0.713. The molecule has 6 nitrogen and oxygen atoms in total. The molecule has 27 heavy (non-hydrogen) atoms. The van der Waals surface area contributed by atoms with Crippen LogP contribution in [0.25, 0.3) is 0 Å². The van der Waals surface area contributed by atoms with E-state index in [9.17, 15) is 18.0 Å². The molecule has 0 aromatic heterocycles. The van der Waals surface area contributed by atoms with Crippen molar-refractivity contribution in [2.75, 3.05) is 13.1 Å². The van der Waals surface area contributed by atoms with E-state index in [4.69, 9.17) is 5.11 Å². The fourth-order valence-corrected chi connectivity index (χ4v) is 4.67. The van der Waals surface area contributed by atoms with E-state index in [-0.39, 0.29) is 16.6 Å². The molecule has 0 saturated carbocycles. The van der Waals surface area contributed by atoms with Crippen LogP contribution in [0.15, 0.2) is 59.5 Å². The molecule has 0 spiro atoms. The van der Waals surface area contributed by atoms with E-state index >= 15 is 0 Å². The molecule has 0 bridgehead atoms. The van der Waals surface area contributed by atoms with Crippen LogP contribution in [0.3, 0.4) is 0 Å². The van der Waals surface area contributed by atoms with Gasteiger partial charge in [-0.3, -0.25) is 9.59 Å². The minimum Gasteiger partial charge on any atom is -0.481 e.